The van der Waals surface area contributed by atoms with E-state index in [-0.39, 0.29) is 18.8 Å². The van der Waals surface area contributed by atoms with Gasteiger partial charge in [0.2, 0.25) is 10.0 Å². The van der Waals surface area contributed by atoms with E-state index in [9.17, 15) is 13.2 Å². The summed E-state index contributed by atoms with van der Waals surface area (Å²) in [6, 6.07) is 7.15. The second-order valence-electron chi connectivity index (χ2n) is 4.74. The summed E-state index contributed by atoms with van der Waals surface area (Å²) >= 11 is 0. The van der Waals surface area contributed by atoms with E-state index in [1.54, 1.807) is 18.2 Å². The van der Waals surface area contributed by atoms with E-state index in [2.05, 4.69) is 5.32 Å². The van der Waals surface area contributed by atoms with E-state index in [0.717, 1.165) is 4.31 Å². The summed E-state index contributed by atoms with van der Waals surface area (Å²) in [4.78, 5) is 11.2. The number of carbonyl (C=O) groups is 1. The van der Waals surface area contributed by atoms with Crippen molar-refractivity contribution in [3.8, 4) is 6.07 Å². The number of nitrogens with one attached hydrogen (secondary N) is 1. The molecule has 1 aromatic carbocycles. The van der Waals surface area contributed by atoms with Crippen molar-refractivity contribution in [2.75, 3.05) is 19.6 Å². The smallest absolute Gasteiger partial charge is 0.323 e. The Morgan fingerprint density at radius 1 is 1.52 bits per heavy atom. The summed E-state index contributed by atoms with van der Waals surface area (Å²) in [5.74, 6) is -1.48. The van der Waals surface area contributed by atoms with Gasteiger partial charge in [0.15, 0.2) is 0 Å². The average Bonchev–Trinajstić information content (AvgIpc) is 2.47. The van der Waals surface area contributed by atoms with Gasteiger partial charge in [0.1, 0.15) is 6.04 Å². The molecule has 0 amide bonds. The minimum absolute atomic E-state index is 0.0901. The zero-order chi connectivity index (χ0) is 15.5. The van der Waals surface area contributed by atoms with Crippen molar-refractivity contribution in [3.63, 3.8) is 0 Å². The van der Waals surface area contributed by atoms with Crippen LogP contribution in [0.2, 0.25) is 0 Å². The SMILES string of the molecule is N#Cc1cccc(CS(=O)(=O)N2CCNCC2C(=O)O)c1. The topological polar surface area (TPSA) is 111 Å². The first kappa shape index (κ1) is 15.4. The molecule has 112 valence electrons. The van der Waals surface area contributed by atoms with E-state index in [4.69, 9.17) is 10.4 Å². The first-order chi connectivity index (χ1) is 9.94. The first-order valence-corrected chi connectivity index (χ1v) is 7.97. The molecule has 1 heterocycles. The van der Waals surface area contributed by atoms with Gasteiger partial charge in [-0.05, 0) is 17.7 Å². The van der Waals surface area contributed by atoms with Crippen LogP contribution in [0, 0.1) is 11.3 Å². The van der Waals surface area contributed by atoms with Gasteiger partial charge >= 0.3 is 5.97 Å². The molecule has 2 rings (SSSR count). The highest BCUT2D eigenvalue weighted by Crippen LogP contribution is 2.16. The minimum Gasteiger partial charge on any atom is -0.480 e. The van der Waals surface area contributed by atoms with E-state index in [0.29, 0.717) is 17.7 Å². The van der Waals surface area contributed by atoms with Gasteiger partial charge in [-0.1, -0.05) is 12.1 Å². The van der Waals surface area contributed by atoms with Gasteiger partial charge in [0.05, 0.1) is 17.4 Å². The molecule has 1 fully saturated rings. The Balaban J connectivity index is 2.24. The number of carboxylic acids is 1. The molecule has 1 aliphatic rings. The van der Waals surface area contributed by atoms with Crippen LogP contribution < -0.4 is 5.32 Å². The third kappa shape index (κ3) is 3.58. The zero-order valence-corrected chi connectivity index (χ0v) is 12.0. The molecule has 0 radical (unpaired) electrons. The zero-order valence-electron chi connectivity index (χ0n) is 11.2. The maximum Gasteiger partial charge on any atom is 0.323 e. The van der Waals surface area contributed by atoms with Crippen LogP contribution in [0.3, 0.4) is 0 Å². The third-order valence-corrected chi connectivity index (χ3v) is 5.09. The maximum atomic E-state index is 12.4. The van der Waals surface area contributed by atoms with Crippen LogP contribution in [0.15, 0.2) is 24.3 Å². The quantitative estimate of drug-likeness (QED) is 0.793. The highest BCUT2D eigenvalue weighted by molar-refractivity contribution is 7.88. The Hall–Kier alpha value is -1.95. The van der Waals surface area contributed by atoms with Crippen molar-refractivity contribution in [2.24, 2.45) is 0 Å². The molecule has 0 saturated carbocycles. The number of carboxylic acid groups (broad SMARTS) is 1. The molecule has 7 nitrogen and oxygen atoms in total. The third-order valence-electron chi connectivity index (χ3n) is 3.24. The molecule has 1 saturated heterocycles. The molecule has 1 aliphatic heterocycles. The number of sulfonamides is 1. The number of nitrogens with zero attached hydrogens (tertiary/aromatic N) is 2. The van der Waals surface area contributed by atoms with E-state index in [1.165, 1.54) is 6.07 Å². The van der Waals surface area contributed by atoms with Gasteiger partial charge in [-0.3, -0.25) is 4.79 Å². The van der Waals surface area contributed by atoms with Crippen LogP contribution in [-0.4, -0.2) is 49.5 Å². The monoisotopic (exact) mass is 309 g/mol. The predicted molar refractivity (Wildman–Crippen MR) is 74.8 cm³/mol. The van der Waals surface area contributed by atoms with Crippen molar-refractivity contribution in [2.45, 2.75) is 11.8 Å². The first-order valence-electron chi connectivity index (χ1n) is 6.36. The number of hydrogen-bond acceptors (Lipinski definition) is 5. The summed E-state index contributed by atoms with van der Waals surface area (Å²) in [5, 5.41) is 20.8. The van der Waals surface area contributed by atoms with Gasteiger partial charge in [0, 0.05) is 19.6 Å². The molecule has 8 heteroatoms. The molecule has 0 spiro atoms. The lowest BCUT2D eigenvalue weighted by Gasteiger charge is -2.32. The number of rotatable bonds is 4. The van der Waals surface area contributed by atoms with Gasteiger partial charge in [0.25, 0.3) is 0 Å². The number of benzene rings is 1. The molecule has 21 heavy (non-hydrogen) atoms. The number of nitriles is 1. The molecular weight excluding hydrogens is 294 g/mol. The molecule has 1 atom stereocenters. The second-order valence-corrected chi connectivity index (χ2v) is 6.66. The fourth-order valence-electron chi connectivity index (χ4n) is 2.25. The minimum atomic E-state index is -3.75. The highest BCUT2D eigenvalue weighted by atomic mass is 32.2. The van der Waals surface area contributed by atoms with E-state index >= 15 is 0 Å². The second kappa shape index (κ2) is 6.22. The lowest BCUT2D eigenvalue weighted by molar-refractivity contribution is -0.141. The van der Waals surface area contributed by atoms with Crippen molar-refractivity contribution in [1.82, 2.24) is 9.62 Å². The lowest BCUT2D eigenvalue weighted by atomic mass is 10.2. The molecular formula is C13H15N3O4S. The Labute approximate surface area is 122 Å². The molecule has 0 aromatic heterocycles. The van der Waals surface area contributed by atoms with Crippen LogP contribution in [0.25, 0.3) is 0 Å². The molecule has 1 aromatic rings. The van der Waals surface area contributed by atoms with Gasteiger partial charge < -0.3 is 10.4 Å². The summed E-state index contributed by atoms with van der Waals surface area (Å²) < 4.78 is 25.9. The summed E-state index contributed by atoms with van der Waals surface area (Å²) in [6.45, 7) is 0.630. The van der Waals surface area contributed by atoms with Crippen molar-refractivity contribution < 1.29 is 18.3 Å². The lowest BCUT2D eigenvalue weighted by Crippen LogP contribution is -2.57. The molecule has 0 bridgehead atoms. The van der Waals surface area contributed by atoms with E-state index < -0.39 is 22.0 Å². The maximum absolute atomic E-state index is 12.4. The Morgan fingerprint density at radius 2 is 2.29 bits per heavy atom. The predicted octanol–water partition coefficient (Wildman–Crippen LogP) is -0.254. The Kier molecular flexibility index (Phi) is 4.57. The van der Waals surface area contributed by atoms with Crippen LogP contribution >= 0.6 is 0 Å². The summed E-state index contributed by atoms with van der Waals surface area (Å²) in [6.07, 6.45) is 0. The summed E-state index contributed by atoms with van der Waals surface area (Å²) in [7, 11) is -3.75. The van der Waals surface area contributed by atoms with Crippen LogP contribution in [0.1, 0.15) is 11.1 Å². The standard InChI is InChI=1S/C13H15N3O4S/c14-7-10-2-1-3-11(6-10)9-21(19,20)16-5-4-15-8-12(16)13(17)18/h1-3,6,12,15H,4-5,8-9H2,(H,17,18). The van der Waals surface area contributed by atoms with Gasteiger partial charge in [-0.15, -0.1) is 0 Å². The largest absolute Gasteiger partial charge is 0.480 e. The highest BCUT2D eigenvalue weighted by Gasteiger charge is 2.36. The van der Waals surface area contributed by atoms with Crippen molar-refractivity contribution in [1.29, 1.82) is 5.26 Å². The van der Waals surface area contributed by atoms with Gasteiger partial charge in [-0.25, -0.2) is 8.42 Å². The fourth-order valence-corrected chi connectivity index (χ4v) is 3.94. The van der Waals surface area contributed by atoms with Crippen LogP contribution in [0.5, 0.6) is 0 Å². The molecule has 1 unspecified atom stereocenters. The molecule has 0 aliphatic carbocycles. The van der Waals surface area contributed by atoms with E-state index in [1.807, 2.05) is 6.07 Å². The fraction of sp³-hybridized carbons (Fsp3) is 0.385. The number of aliphatic carboxylic acids is 1. The number of piperazine rings is 1. The Bertz CT molecular complexity index is 681. The average molecular weight is 309 g/mol. The molecule has 2 N–H and O–H groups in total. The Morgan fingerprint density at radius 3 is 2.95 bits per heavy atom. The van der Waals surface area contributed by atoms with Crippen LogP contribution in [-0.2, 0) is 20.6 Å². The normalized spacial score (nSPS) is 19.9. The van der Waals surface area contributed by atoms with Crippen molar-refractivity contribution >= 4 is 16.0 Å². The van der Waals surface area contributed by atoms with Crippen molar-refractivity contribution in [3.05, 3.63) is 35.4 Å². The van der Waals surface area contributed by atoms with Crippen LogP contribution in [0.4, 0.5) is 0 Å². The number of hydrogen-bond donors (Lipinski definition) is 2. The van der Waals surface area contributed by atoms with Gasteiger partial charge in [-0.2, -0.15) is 9.57 Å². The summed E-state index contributed by atoms with van der Waals surface area (Å²) in [5.41, 5.74) is 0.842.